The number of halogens is 1. The van der Waals surface area contributed by atoms with Gasteiger partial charge in [0.2, 0.25) is 0 Å². The maximum absolute atomic E-state index is 13.2. The first-order chi connectivity index (χ1) is 6.54. The normalized spacial score (nSPS) is 14.1. The SMILES string of the molecule is CC(C)(C)C(=O)[C@@H](F)CCCP(=O)([O-])[O-].[Mg+2]. The van der Waals surface area contributed by atoms with Crippen LogP contribution in [0.15, 0.2) is 0 Å². The smallest absolute Gasteiger partial charge is 0.811 e. The molecule has 0 aromatic heterocycles. The van der Waals surface area contributed by atoms with Crippen LogP contribution >= 0.6 is 7.60 Å². The van der Waals surface area contributed by atoms with Crippen LogP contribution in [-0.2, 0) is 9.36 Å². The number of alkyl halides is 1. The molecule has 0 saturated carbocycles. The Balaban J connectivity index is 0. The number of rotatable bonds is 5. The minimum absolute atomic E-state index is 0. The molecule has 0 radical (unpaired) electrons. The van der Waals surface area contributed by atoms with E-state index in [0.29, 0.717) is 0 Å². The van der Waals surface area contributed by atoms with Crippen molar-refractivity contribution in [3.8, 4) is 0 Å². The van der Waals surface area contributed by atoms with Crippen molar-refractivity contribution in [1.82, 2.24) is 0 Å². The van der Waals surface area contributed by atoms with Crippen LogP contribution < -0.4 is 9.79 Å². The fraction of sp³-hybridized carbons (Fsp3) is 0.889. The van der Waals surface area contributed by atoms with Gasteiger partial charge in [-0.25, -0.2) is 4.39 Å². The largest absolute Gasteiger partial charge is 2.00 e. The van der Waals surface area contributed by atoms with Crippen LogP contribution in [0, 0.1) is 5.41 Å². The van der Waals surface area contributed by atoms with Crippen molar-refractivity contribution in [2.24, 2.45) is 5.41 Å². The van der Waals surface area contributed by atoms with Crippen molar-refractivity contribution in [2.45, 2.75) is 39.8 Å². The average molecular weight is 262 g/mol. The van der Waals surface area contributed by atoms with E-state index in [9.17, 15) is 23.5 Å². The van der Waals surface area contributed by atoms with Crippen molar-refractivity contribution in [1.29, 1.82) is 0 Å². The van der Waals surface area contributed by atoms with Crippen molar-refractivity contribution >= 4 is 36.4 Å². The Kier molecular flexibility index (Phi) is 8.33. The molecular formula is C9H16FMgO4P. The first-order valence-electron chi connectivity index (χ1n) is 4.73. The van der Waals surface area contributed by atoms with Gasteiger partial charge in [-0.2, -0.15) is 0 Å². The zero-order chi connectivity index (χ0) is 12.3. The third-order valence-corrected chi connectivity index (χ3v) is 2.78. The van der Waals surface area contributed by atoms with Gasteiger partial charge < -0.3 is 14.4 Å². The Morgan fingerprint density at radius 1 is 1.38 bits per heavy atom. The molecule has 0 aliphatic rings. The van der Waals surface area contributed by atoms with Crippen LogP contribution in [0.4, 0.5) is 4.39 Å². The molecule has 0 saturated heterocycles. The summed E-state index contributed by atoms with van der Waals surface area (Å²) in [7, 11) is -4.57. The standard InChI is InChI=1S/C9H18FO4P.Mg/c1-9(2,3)8(11)7(10)5-4-6-15(12,13)14;/h7H,4-6H2,1-3H3,(H2,12,13,14);/q;+2/p-2/t7-;/m0./s1. The van der Waals surface area contributed by atoms with Gasteiger partial charge in [-0.05, 0) is 19.0 Å². The van der Waals surface area contributed by atoms with E-state index in [1.54, 1.807) is 20.8 Å². The summed E-state index contributed by atoms with van der Waals surface area (Å²) in [5, 5.41) is 0. The molecule has 7 heteroatoms. The molecule has 16 heavy (non-hydrogen) atoms. The van der Waals surface area contributed by atoms with Gasteiger partial charge in [0.1, 0.15) is 0 Å². The predicted octanol–water partition coefficient (Wildman–Crippen LogP) is 0.253. The second-order valence-corrected chi connectivity index (χ2v) is 6.23. The van der Waals surface area contributed by atoms with E-state index in [-0.39, 0.29) is 35.9 Å². The fourth-order valence-corrected chi connectivity index (χ4v) is 1.63. The summed E-state index contributed by atoms with van der Waals surface area (Å²) in [5.41, 5.74) is -0.780. The molecule has 0 aliphatic heterocycles. The Morgan fingerprint density at radius 2 is 1.81 bits per heavy atom. The van der Waals surface area contributed by atoms with Gasteiger partial charge in [0.05, 0.1) is 0 Å². The minimum atomic E-state index is -4.57. The third-order valence-electron chi connectivity index (χ3n) is 1.91. The summed E-state index contributed by atoms with van der Waals surface area (Å²) < 4.78 is 23.5. The first kappa shape index (κ1) is 18.9. The summed E-state index contributed by atoms with van der Waals surface area (Å²) in [6, 6.07) is 0. The maximum atomic E-state index is 13.2. The molecular weight excluding hydrogens is 246 g/mol. The Labute approximate surface area is 111 Å². The number of Topliss-reactive ketones (excluding diaryl/α,β-unsaturated/α-hetero) is 1. The van der Waals surface area contributed by atoms with Crippen molar-refractivity contribution < 1.29 is 23.5 Å². The van der Waals surface area contributed by atoms with Crippen LogP contribution in [0.25, 0.3) is 0 Å². The van der Waals surface area contributed by atoms with Crippen molar-refractivity contribution in [3.05, 3.63) is 0 Å². The second-order valence-electron chi connectivity index (χ2n) is 4.56. The number of hydrogen-bond acceptors (Lipinski definition) is 4. The van der Waals surface area contributed by atoms with Gasteiger partial charge in [-0.1, -0.05) is 28.4 Å². The van der Waals surface area contributed by atoms with E-state index in [1.807, 2.05) is 0 Å². The molecule has 1 atom stereocenters. The number of hydrogen-bond donors (Lipinski definition) is 0. The quantitative estimate of drug-likeness (QED) is 0.525. The van der Waals surface area contributed by atoms with Gasteiger partial charge >= 0.3 is 23.1 Å². The summed E-state index contributed by atoms with van der Waals surface area (Å²) in [6.45, 7) is 4.77. The molecule has 0 bridgehead atoms. The van der Waals surface area contributed by atoms with E-state index < -0.39 is 31.1 Å². The number of carbonyl (C=O) groups is 1. The number of ketones is 1. The van der Waals surface area contributed by atoms with E-state index in [0.717, 1.165) is 0 Å². The predicted molar refractivity (Wildman–Crippen MR) is 56.8 cm³/mol. The van der Waals surface area contributed by atoms with Crippen LogP contribution in [0.2, 0.25) is 0 Å². The van der Waals surface area contributed by atoms with Crippen LogP contribution in [0.1, 0.15) is 33.6 Å². The molecule has 0 unspecified atom stereocenters. The molecule has 0 aliphatic carbocycles. The zero-order valence-electron chi connectivity index (χ0n) is 9.86. The summed E-state index contributed by atoms with van der Waals surface area (Å²) in [4.78, 5) is 31.8. The second kappa shape index (κ2) is 7.06. The molecule has 0 heterocycles. The zero-order valence-corrected chi connectivity index (χ0v) is 12.2. The van der Waals surface area contributed by atoms with Crippen LogP contribution in [0.3, 0.4) is 0 Å². The van der Waals surface area contributed by atoms with Crippen LogP contribution in [0.5, 0.6) is 0 Å². The molecule has 4 nitrogen and oxygen atoms in total. The molecule has 0 N–H and O–H groups in total. The van der Waals surface area contributed by atoms with Gasteiger partial charge in [-0.3, -0.25) is 4.79 Å². The molecule has 0 rings (SSSR count). The molecule has 0 fully saturated rings. The summed E-state index contributed by atoms with van der Waals surface area (Å²) in [6.07, 6.45) is -2.58. The first-order valence-corrected chi connectivity index (χ1v) is 6.46. The topological polar surface area (TPSA) is 80.3 Å². The van der Waals surface area contributed by atoms with E-state index in [1.165, 1.54) is 0 Å². The van der Waals surface area contributed by atoms with E-state index >= 15 is 0 Å². The maximum Gasteiger partial charge on any atom is 2.00 e. The number of carbonyl (C=O) groups excluding carboxylic acids is 1. The molecule has 0 amide bonds. The van der Waals surface area contributed by atoms with Crippen LogP contribution in [-0.4, -0.2) is 41.2 Å². The fourth-order valence-electron chi connectivity index (χ4n) is 1.07. The van der Waals surface area contributed by atoms with Crippen molar-refractivity contribution in [3.63, 3.8) is 0 Å². The molecule has 0 aromatic rings. The molecule has 0 aromatic carbocycles. The summed E-state index contributed by atoms with van der Waals surface area (Å²) in [5.74, 6) is -0.561. The third kappa shape index (κ3) is 8.64. The van der Waals surface area contributed by atoms with Crippen molar-refractivity contribution in [2.75, 3.05) is 6.16 Å². The minimum Gasteiger partial charge on any atom is -0.811 e. The Hall–Kier alpha value is 0.516. The van der Waals surface area contributed by atoms with Gasteiger partial charge in [-0.15, -0.1) is 0 Å². The van der Waals surface area contributed by atoms with Gasteiger partial charge in [0.15, 0.2) is 12.0 Å². The van der Waals surface area contributed by atoms with E-state index in [2.05, 4.69) is 0 Å². The molecule has 0 spiro atoms. The van der Waals surface area contributed by atoms with Gasteiger partial charge in [0.25, 0.3) is 0 Å². The Morgan fingerprint density at radius 3 is 2.12 bits per heavy atom. The van der Waals surface area contributed by atoms with E-state index in [4.69, 9.17) is 0 Å². The molecule has 90 valence electrons. The summed E-state index contributed by atoms with van der Waals surface area (Å²) >= 11 is 0. The Bertz CT molecular complexity index is 271. The van der Waals surface area contributed by atoms with Gasteiger partial charge in [0, 0.05) is 5.41 Å². The monoisotopic (exact) mass is 262 g/mol. The average Bonchev–Trinajstić information content (AvgIpc) is 1.98.